The Labute approximate surface area is 212 Å². The molecule has 1 amide bonds. The molecule has 192 valence electrons. The molecule has 2 aliphatic heterocycles. The molecular formula is C29H35NO6. The molecule has 0 bridgehead atoms. The van der Waals surface area contributed by atoms with E-state index in [1.54, 1.807) is 17.9 Å². The Bertz CT molecular complexity index is 1100. The number of carbonyl (C=O) groups is 3. The maximum atomic E-state index is 12.8. The monoisotopic (exact) mass is 493 g/mol. The largest absolute Gasteiger partial charge is 0.491 e. The summed E-state index contributed by atoms with van der Waals surface area (Å²) >= 11 is 0. The van der Waals surface area contributed by atoms with Crippen LogP contribution in [0.2, 0.25) is 0 Å². The van der Waals surface area contributed by atoms with Crippen LogP contribution < -0.4 is 14.4 Å². The Morgan fingerprint density at radius 1 is 1.17 bits per heavy atom. The van der Waals surface area contributed by atoms with Gasteiger partial charge in [0, 0.05) is 43.0 Å². The first-order valence-corrected chi connectivity index (χ1v) is 12.9. The number of benzene rings is 2. The predicted octanol–water partition coefficient (Wildman–Crippen LogP) is 5.34. The number of carbonyl (C=O) groups excluding carboxylic acids is 3. The van der Waals surface area contributed by atoms with Gasteiger partial charge in [0.25, 0.3) is 0 Å². The lowest BCUT2D eigenvalue weighted by atomic mass is 9.83. The van der Waals surface area contributed by atoms with Crippen molar-refractivity contribution in [3.8, 4) is 11.5 Å². The van der Waals surface area contributed by atoms with E-state index in [1.807, 2.05) is 31.2 Å². The highest BCUT2D eigenvalue weighted by atomic mass is 16.5. The molecule has 0 aliphatic carbocycles. The molecule has 36 heavy (non-hydrogen) atoms. The third-order valence-electron chi connectivity index (χ3n) is 6.87. The first-order valence-electron chi connectivity index (χ1n) is 12.9. The summed E-state index contributed by atoms with van der Waals surface area (Å²) in [5.74, 6) is -0.0377. The van der Waals surface area contributed by atoms with Gasteiger partial charge in [-0.3, -0.25) is 14.4 Å². The van der Waals surface area contributed by atoms with Crippen LogP contribution in [0.1, 0.15) is 76.3 Å². The highest BCUT2D eigenvalue weighted by Gasteiger charge is 2.43. The number of amides is 1. The van der Waals surface area contributed by atoms with E-state index in [0.29, 0.717) is 42.2 Å². The molecule has 0 spiro atoms. The van der Waals surface area contributed by atoms with Crippen LogP contribution in [0.4, 0.5) is 5.69 Å². The minimum Gasteiger partial charge on any atom is -0.491 e. The van der Waals surface area contributed by atoms with E-state index in [-0.39, 0.29) is 36.4 Å². The zero-order valence-corrected chi connectivity index (χ0v) is 21.3. The molecule has 2 aromatic carbocycles. The van der Waals surface area contributed by atoms with Crippen molar-refractivity contribution in [2.24, 2.45) is 0 Å². The van der Waals surface area contributed by atoms with Crippen LogP contribution in [-0.2, 0) is 25.5 Å². The Morgan fingerprint density at radius 3 is 2.67 bits per heavy atom. The summed E-state index contributed by atoms with van der Waals surface area (Å²) < 4.78 is 17.1. The van der Waals surface area contributed by atoms with E-state index in [0.717, 1.165) is 25.7 Å². The van der Waals surface area contributed by atoms with E-state index in [1.165, 1.54) is 12.5 Å². The molecule has 4 rings (SSSR count). The van der Waals surface area contributed by atoms with Gasteiger partial charge in [-0.05, 0) is 51.5 Å². The average Bonchev–Trinajstić information content (AvgIpc) is 3.20. The van der Waals surface area contributed by atoms with Gasteiger partial charge in [0.15, 0.2) is 0 Å². The van der Waals surface area contributed by atoms with Crippen LogP contribution in [-0.4, -0.2) is 36.6 Å². The van der Waals surface area contributed by atoms with Gasteiger partial charge in [-0.15, -0.1) is 0 Å². The standard InChI is InChI=1S/C29H35NO6/c1-4-34-28(33)16-22-15-23-13-14-27(32)30(23)25-17-24(18-26(29(22)25)36-20(3)31)35-19(2)9-8-12-21-10-6-5-7-11-21/h5-7,10-11,17-19,22-23H,4,8-9,12-16H2,1-3H3/t19?,22?,23-/m1/s1. The third kappa shape index (κ3) is 6.07. The van der Waals surface area contributed by atoms with Crippen LogP contribution in [0.3, 0.4) is 0 Å². The summed E-state index contributed by atoms with van der Waals surface area (Å²) in [6, 6.07) is 13.9. The minimum absolute atomic E-state index is 0.00755. The normalized spacial score (nSPS) is 19.3. The lowest BCUT2D eigenvalue weighted by Crippen LogP contribution is -2.39. The number of anilines is 1. The van der Waals surface area contributed by atoms with Gasteiger partial charge in [0.2, 0.25) is 5.91 Å². The van der Waals surface area contributed by atoms with E-state index >= 15 is 0 Å². The van der Waals surface area contributed by atoms with E-state index in [9.17, 15) is 14.4 Å². The molecule has 0 saturated carbocycles. The fraction of sp³-hybridized carbons (Fsp3) is 0.483. The summed E-state index contributed by atoms with van der Waals surface area (Å²) in [6.07, 6.45) is 4.72. The second kappa shape index (κ2) is 11.6. The second-order valence-electron chi connectivity index (χ2n) is 9.65. The molecule has 2 aliphatic rings. The topological polar surface area (TPSA) is 82.1 Å². The Balaban J connectivity index is 1.59. The van der Waals surface area contributed by atoms with Crippen molar-refractivity contribution in [3.05, 3.63) is 53.6 Å². The molecule has 0 N–H and O–H groups in total. The van der Waals surface area contributed by atoms with Crippen molar-refractivity contribution in [2.75, 3.05) is 11.5 Å². The van der Waals surface area contributed by atoms with Gasteiger partial charge in [-0.25, -0.2) is 0 Å². The number of aryl methyl sites for hydroxylation is 1. The lowest BCUT2D eigenvalue weighted by molar-refractivity contribution is -0.143. The van der Waals surface area contributed by atoms with Crippen molar-refractivity contribution in [2.45, 2.75) is 83.8 Å². The summed E-state index contributed by atoms with van der Waals surface area (Å²) in [4.78, 5) is 39.0. The van der Waals surface area contributed by atoms with Gasteiger partial charge in [-0.1, -0.05) is 30.3 Å². The Morgan fingerprint density at radius 2 is 1.94 bits per heavy atom. The number of esters is 2. The molecular weight excluding hydrogens is 458 g/mol. The molecule has 7 heteroatoms. The zero-order chi connectivity index (χ0) is 25.7. The Hall–Kier alpha value is -3.35. The average molecular weight is 494 g/mol. The number of rotatable bonds is 10. The van der Waals surface area contributed by atoms with Crippen LogP contribution in [0.5, 0.6) is 11.5 Å². The highest BCUT2D eigenvalue weighted by molar-refractivity contribution is 5.98. The first kappa shape index (κ1) is 25.7. The van der Waals surface area contributed by atoms with Gasteiger partial charge in [0.05, 0.1) is 24.8 Å². The van der Waals surface area contributed by atoms with Gasteiger partial charge >= 0.3 is 11.9 Å². The van der Waals surface area contributed by atoms with Gasteiger partial charge < -0.3 is 19.1 Å². The molecule has 3 atom stereocenters. The second-order valence-corrected chi connectivity index (χ2v) is 9.65. The summed E-state index contributed by atoms with van der Waals surface area (Å²) in [7, 11) is 0. The smallest absolute Gasteiger partial charge is 0.308 e. The number of hydrogen-bond donors (Lipinski definition) is 0. The van der Waals surface area contributed by atoms with E-state index in [4.69, 9.17) is 14.2 Å². The van der Waals surface area contributed by atoms with Crippen LogP contribution in [0, 0.1) is 0 Å². The summed E-state index contributed by atoms with van der Waals surface area (Å²) in [6.45, 7) is 5.44. The Kier molecular flexibility index (Phi) is 8.28. The molecule has 7 nitrogen and oxygen atoms in total. The molecule has 2 aromatic rings. The number of hydrogen-bond acceptors (Lipinski definition) is 6. The lowest BCUT2D eigenvalue weighted by Gasteiger charge is -2.37. The van der Waals surface area contributed by atoms with Crippen LogP contribution in [0.25, 0.3) is 0 Å². The number of nitrogens with zero attached hydrogens (tertiary/aromatic N) is 1. The summed E-state index contributed by atoms with van der Waals surface area (Å²) in [5.41, 5.74) is 2.67. The maximum absolute atomic E-state index is 12.8. The SMILES string of the molecule is CCOC(=O)CC1C[C@H]2CCC(=O)N2c2cc(OC(C)CCCc3ccccc3)cc(OC(C)=O)c21. The van der Waals surface area contributed by atoms with Crippen LogP contribution in [0.15, 0.2) is 42.5 Å². The first-order chi connectivity index (χ1) is 17.4. The number of ether oxygens (including phenoxy) is 3. The zero-order valence-electron chi connectivity index (χ0n) is 21.3. The van der Waals surface area contributed by atoms with Crippen molar-refractivity contribution >= 4 is 23.5 Å². The van der Waals surface area contributed by atoms with Crippen molar-refractivity contribution in [1.29, 1.82) is 0 Å². The molecule has 2 unspecified atom stereocenters. The quantitative estimate of drug-likeness (QED) is 0.328. The molecule has 2 heterocycles. The number of fused-ring (bicyclic) bond motifs is 3. The fourth-order valence-corrected chi connectivity index (χ4v) is 5.38. The van der Waals surface area contributed by atoms with Gasteiger partial charge in [0.1, 0.15) is 11.5 Å². The van der Waals surface area contributed by atoms with Crippen molar-refractivity contribution in [1.82, 2.24) is 0 Å². The molecule has 1 fully saturated rings. The maximum Gasteiger partial charge on any atom is 0.308 e. The van der Waals surface area contributed by atoms with Crippen LogP contribution >= 0.6 is 0 Å². The van der Waals surface area contributed by atoms with Crippen molar-refractivity contribution < 1.29 is 28.6 Å². The molecule has 0 aromatic heterocycles. The highest BCUT2D eigenvalue weighted by Crippen LogP contribution is 2.50. The van der Waals surface area contributed by atoms with Crippen molar-refractivity contribution in [3.63, 3.8) is 0 Å². The fourth-order valence-electron chi connectivity index (χ4n) is 5.38. The minimum atomic E-state index is -0.463. The summed E-state index contributed by atoms with van der Waals surface area (Å²) in [5, 5.41) is 0. The third-order valence-corrected chi connectivity index (χ3v) is 6.87. The molecule has 1 saturated heterocycles. The van der Waals surface area contributed by atoms with E-state index in [2.05, 4.69) is 12.1 Å². The predicted molar refractivity (Wildman–Crippen MR) is 136 cm³/mol. The van der Waals surface area contributed by atoms with Gasteiger partial charge in [-0.2, -0.15) is 0 Å². The molecule has 0 radical (unpaired) electrons. The van der Waals surface area contributed by atoms with E-state index < -0.39 is 5.97 Å².